The Morgan fingerprint density at radius 1 is 0.880 bits per heavy atom. The van der Waals surface area contributed by atoms with Crippen molar-refractivity contribution in [2.75, 3.05) is 19.3 Å². The SMILES string of the molecule is COP(=O)(OC)C(c1ccccc1)N(O[Si](C)(C)C)c1ccccc1. The van der Waals surface area contributed by atoms with E-state index in [1.165, 1.54) is 14.2 Å². The van der Waals surface area contributed by atoms with Crippen molar-refractivity contribution >= 4 is 21.6 Å². The molecule has 2 aromatic carbocycles. The number of para-hydroxylation sites is 1. The highest BCUT2D eigenvalue weighted by molar-refractivity contribution is 7.54. The quantitative estimate of drug-likeness (QED) is 0.347. The Balaban J connectivity index is 2.63. The van der Waals surface area contributed by atoms with Crippen LogP contribution >= 0.6 is 7.60 Å². The first-order chi connectivity index (χ1) is 11.8. The lowest BCUT2D eigenvalue weighted by Crippen LogP contribution is -2.40. The molecule has 0 radical (unpaired) electrons. The number of anilines is 1. The molecule has 1 unspecified atom stereocenters. The predicted molar refractivity (Wildman–Crippen MR) is 104 cm³/mol. The highest BCUT2D eigenvalue weighted by Gasteiger charge is 2.42. The van der Waals surface area contributed by atoms with Crippen LogP contribution in [0.3, 0.4) is 0 Å². The third-order valence-corrected chi connectivity index (χ3v) is 6.38. The minimum Gasteiger partial charge on any atom is -0.319 e. The molecule has 136 valence electrons. The molecule has 0 fully saturated rings. The van der Waals surface area contributed by atoms with E-state index in [4.69, 9.17) is 13.6 Å². The largest absolute Gasteiger partial charge is 0.359 e. The molecule has 0 aliphatic rings. The highest BCUT2D eigenvalue weighted by Crippen LogP contribution is 2.62. The van der Waals surface area contributed by atoms with Crippen molar-refractivity contribution in [1.82, 2.24) is 0 Å². The second kappa shape index (κ2) is 8.30. The molecule has 0 heterocycles. The van der Waals surface area contributed by atoms with Crippen LogP contribution in [0.1, 0.15) is 11.3 Å². The lowest BCUT2D eigenvalue weighted by Gasteiger charge is -2.39. The molecular formula is C18H26NO4PSi. The first-order valence-electron chi connectivity index (χ1n) is 8.10. The molecule has 0 spiro atoms. The minimum absolute atomic E-state index is 0.710. The van der Waals surface area contributed by atoms with Gasteiger partial charge in [0.25, 0.3) is 0 Å². The van der Waals surface area contributed by atoms with E-state index in [1.54, 1.807) is 5.06 Å². The van der Waals surface area contributed by atoms with Gasteiger partial charge < -0.3 is 13.6 Å². The third kappa shape index (κ3) is 5.03. The second-order valence-corrected chi connectivity index (χ2v) is 13.3. The zero-order valence-electron chi connectivity index (χ0n) is 15.4. The Bertz CT molecular complexity index is 698. The second-order valence-electron chi connectivity index (χ2n) is 6.55. The van der Waals surface area contributed by atoms with E-state index in [9.17, 15) is 4.57 Å². The summed E-state index contributed by atoms with van der Waals surface area (Å²) < 4.78 is 30.4. The Labute approximate surface area is 151 Å². The Kier molecular flexibility index (Phi) is 6.60. The predicted octanol–water partition coefficient (Wildman–Crippen LogP) is 5.44. The lowest BCUT2D eigenvalue weighted by molar-refractivity contribution is 0.215. The zero-order valence-corrected chi connectivity index (χ0v) is 17.3. The molecule has 5 nitrogen and oxygen atoms in total. The first kappa shape index (κ1) is 19.9. The highest BCUT2D eigenvalue weighted by atomic mass is 31.2. The first-order valence-corrected chi connectivity index (χ1v) is 13.1. The van der Waals surface area contributed by atoms with Gasteiger partial charge in [-0.3, -0.25) is 4.57 Å². The molecule has 25 heavy (non-hydrogen) atoms. The number of nitrogens with zero attached hydrogens (tertiary/aromatic N) is 1. The summed E-state index contributed by atoms with van der Waals surface area (Å²) in [6, 6.07) is 19.1. The third-order valence-electron chi connectivity index (χ3n) is 3.51. The summed E-state index contributed by atoms with van der Waals surface area (Å²) in [6.45, 7) is 6.24. The van der Waals surface area contributed by atoms with Crippen LogP contribution in [-0.2, 0) is 18.1 Å². The van der Waals surface area contributed by atoms with Crippen molar-refractivity contribution < 1.29 is 18.1 Å². The van der Waals surface area contributed by atoms with E-state index in [0.717, 1.165) is 11.3 Å². The van der Waals surface area contributed by atoms with Crippen LogP contribution in [0.15, 0.2) is 60.7 Å². The molecule has 0 amide bonds. The summed E-state index contributed by atoms with van der Waals surface area (Å²) in [5, 5.41) is 1.69. The summed E-state index contributed by atoms with van der Waals surface area (Å²) in [7, 11) is -2.71. The Morgan fingerprint density at radius 3 is 1.80 bits per heavy atom. The maximum Gasteiger partial charge on any atom is 0.359 e. The van der Waals surface area contributed by atoms with E-state index in [-0.39, 0.29) is 0 Å². The van der Waals surface area contributed by atoms with E-state index < -0.39 is 21.7 Å². The van der Waals surface area contributed by atoms with Crippen LogP contribution in [0.2, 0.25) is 19.6 Å². The van der Waals surface area contributed by atoms with Crippen LogP contribution in [0, 0.1) is 0 Å². The number of hydrogen-bond donors (Lipinski definition) is 0. The smallest absolute Gasteiger partial charge is 0.319 e. The van der Waals surface area contributed by atoms with Gasteiger partial charge in [0, 0.05) is 14.2 Å². The van der Waals surface area contributed by atoms with Crippen LogP contribution in [0.4, 0.5) is 5.69 Å². The normalized spacial score (nSPS) is 13.5. The van der Waals surface area contributed by atoms with E-state index >= 15 is 0 Å². The molecule has 0 aromatic heterocycles. The van der Waals surface area contributed by atoms with Gasteiger partial charge in [0.15, 0.2) is 5.78 Å². The Morgan fingerprint density at radius 2 is 1.36 bits per heavy atom. The van der Waals surface area contributed by atoms with Gasteiger partial charge >= 0.3 is 7.60 Å². The topological polar surface area (TPSA) is 48.0 Å². The number of hydrogen-bond acceptors (Lipinski definition) is 5. The minimum atomic E-state index is -3.50. The van der Waals surface area contributed by atoms with Gasteiger partial charge in [0.2, 0.25) is 8.32 Å². The van der Waals surface area contributed by atoms with Gasteiger partial charge in [-0.2, -0.15) is 0 Å². The van der Waals surface area contributed by atoms with Crippen LogP contribution in [-0.4, -0.2) is 22.5 Å². The summed E-state index contributed by atoms with van der Waals surface area (Å²) >= 11 is 0. The number of rotatable bonds is 8. The molecule has 7 heteroatoms. The van der Waals surface area contributed by atoms with Gasteiger partial charge in [0.1, 0.15) is 0 Å². The standard InChI is InChI=1S/C18H26NO4PSi/c1-21-24(20,22-2)18(16-12-8-6-9-13-16)19(23-25(3,4)5)17-14-10-7-11-15-17/h6-15,18H,1-5H3. The summed E-state index contributed by atoms with van der Waals surface area (Å²) in [6.07, 6.45) is 0. The summed E-state index contributed by atoms with van der Waals surface area (Å²) in [5.74, 6) is -0.710. The number of benzene rings is 2. The van der Waals surface area contributed by atoms with Gasteiger partial charge in [-0.05, 0) is 37.3 Å². The molecule has 0 aliphatic heterocycles. The van der Waals surface area contributed by atoms with Crippen LogP contribution in [0.5, 0.6) is 0 Å². The summed E-state index contributed by atoms with van der Waals surface area (Å²) in [5.41, 5.74) is 1.60. The van der Waals surface area contributed by atoms with Crippen molar-refractivity contribution in [3.8, 4) is 0 Å². The van der Waals surface area contributed by atoms with Crippen molar-refractivity contribution in [3.63, 3.8) is 0 Å². The molecule has 0 saturated heterocycles. The van der Waals surface area contributed by atoms with Gasteiger partial charge in [-0.25, -0.2) is 5.06 Å². The van der Waals surface area contributed by atoms with Crippen LogP contribution in [0.25, 0.3) is 0 Å². The molecule has 2 aromatic rings. The maximum absolute atomic E-state index is 13.4. The molecule has 0 saturated carbocycles. The fourth-order valence-electron chi connectivity index (χ4n) is 2.46. The van der Waals surface area contributed by atoms with E-state index in [0.29, 0.717) is 0 Å². The fraction of sp³-hybridized carbons (Fsp3) is 0.333. The van der Waals surface area contributed by atoms with Crippen LogP contribution < -0.4 is 5.06 Å². The Hall–Kier alpha value is -1.43. The monoisotopic (exact) mass is 379 g/mol. The molecule has 0 bridgehead atoms. The number of hydroxylamine groups is 1. The summed E-state index contributed by atoms with van der Waals surface area (Å²) in [4.78, 5) is 0. The van der Waals surface area contributed by atoms with Crippen molar-refractivity contribution in [3.05, 3.63) is 66.2 Å². The van der Waals surface area contributed by atoms with Crippen molar-refractivity contribution in [2.45, 2.75) is 25.4 Å². The van der Waals surface area contributed by atoms with Gasteiger partial charge in [-0.15, -0.1) is 0 Å². The fourth-order valence-corrected chi connectivity index (χ4v) is 4.87. The molecule has 0 aliphatic carbocycles. The molecular weight excluding hydrogens is 353 g/mol. The van der Waals surface area contributed by atoms with Crippen molar-refractivity contribution in [1.29, 1.82) is 0 Å². The van der Waals surface area contributed by atoms with E-state index in [1.807, 2.05) is 60.7 Å². The average Bonchev–Trinajstić information content (AvgIpc) is 2.61. The van der Waals surface area contributed by atoms with Crippen molar-refractivity contribution in [2.24, 2.45) is 0 Å². The lowest BCUT2D eigenvalue weighted by atomic mass is 10.2. The average molecular weight is 379 g/mol. The van der Waals surface area contributed by atoms with E-state index in [2.05, 4.69) is 19.6 Å². The van der Waals surface area contributed by atoms with Gasteiger partial charge in [0.05, 0.1) is 5.69 Å². The van der Waals surface area contributed by atoms with Gasteiger partial charge in [-0.1, -0.05) is 48.5 Å². The maximum atomic E-state index is 13.4. The molecule has 0 N–H and O–H groups in total. The molecule has 2 rings (SSSR count). The molecule has 1 atom stereocenters. The zero-order chi connectivity index (χ0) is 18.5.